The number of para-hydroxylation sites is 1. The first-order chi connectivity index (χ1) is 7.18. The first kappa shape index (κ1) is 9.20. The van der Waals surface area contributed by atoms with Crippen LogP contribution >= 0.6 is 0 Å². The highest BCUT2D eigenvalue weighted by molar-refractivity contribution is 6.09. The van der Waals surface area contributed by atoms with Gasteiger partial charge in [0.25, 0.3) is 5.91 Å². The fourth-order valence-corrected chi connectivity index (χ4v) is 1.29. The Morgan fingerprint density at radius 3 is 2.80 bits per heavy atom. The molecule has 15 heavy (non-hydrogen) atoms. The van der Waals surface area contributed by atoms with Crippen LogP contribution in [0.1, 0.15) is 10.5 Å². The number of nitrogens with one attached hydrogen (secondary N) is 2. The largest absolute Gasteiger partial charge is 0.465 e. The number of carboxylic acid groups (broad SMARTS) is 1. The highest BCUT2D eigenvalue weighted by Crippen LogP contribution is 2.14. The summed E-state index contributed by atoms with van der Waals surface area (Å²) < 4.78 is 0. The van der Waals surface area contributed by atoms with Gasteiger partial charge < -0.3 is 5.11 Å². The number of hydrogen-bond donors (Lipinski definition) is 3. The monoisotopic (exact) mass is 205 g/mol. The summed E-state index contributed by atoms with van der Waals surface area (Å²) in [4.78, 5) is 21.6. The molecule has 0 spiro atoms. The average Bonchev–Trinajstić information content (AvgIpc) is 2.59. The molecule has 0 saturated heterocycles. The van der Waals surface area contributed by atoms with Crippen molar-refractivity contribution in [3.8, 4) is 0 Å². The zero-order chi connectivity index (χ0) is 10.8. The normalized spacial score (nSPS) is 10.1. The summed E-state index contributed by atoms with van der Waals surface area (Å²) in [7, 11) is 0. The first-order valence-corrected chi connectivity index (χ1v) is 4.16. The van der Waals surface area contributed by atoms with Crippen LogP contribution in [0.3, 0.4) is 0 Å². The number of carbonyl (C=O) groups excluding carboxylic acids is 1. The number of rotatable bonds is 1. The topological polar surface area (TPSA) is 95.1 Å². The predicted octanol–water partition coefficient (Wildman–Crippen LogP) is 0.971. The molecule has 0 saturated carbocycles. The molecule has 1 heterocycles. The van der Waals surface area contributed by atoms with E-state index in [-0.39, 0.29) is 5.69 Å². The number of nitrogens with zero attached hydrogens (tertiary/aromatic N) is 1. The van der Waals surface area contributed by atoms with Crippen molar-refractivity contribution >= 4 is 22.9 Å². The van der Waals surface area contributed by atoms with Crippen molar-refractivity contribution in [1.82, 2.24) is 15.5 Å². The van der Waals surface area contributed by atoms with Crippen LogP contribution in [-0.2, 0) is 0 Å². The Kier molecular flexibility index (Phi) is 2.09. The number of hydrogen-bond acceptors (Lipinski definition) is 3. The number of fused-ring (bicyclic) bond motifs is 1. The van der Waals surface area contributed by atoms with Gasteiger partial charge >= 0.3 is 6.09 Å². The van der Waals surface area contributed by atoms with Gasteiger partial charge in [-0.1, -0.05) is 18.2 Å². The van der Waals surface area contributed by atoms with E-state index < -0.39 is 12.0 Å². The molecule has 0 fully saturated rings. The van der Waals surface area contributed by atoms with Crippen LogP contribution in [0, 0.1) is 0 Å². The average molecular weight is 205 g/mol. The minimum atomic E-state index is -1.40. The second-order valence-corrected chi connectivity index (χ2v) is 2.88. The molecule has 1 aromatic heterocycles. The Morgan fingerprint density at radius 1 is 1.33 bits per heavy atom. The smallest absolute Gasteiger partial charge is 0.411 e. The molecular weight excluding hydrogens is 198 g/mol. The molecule has 0 atom stereocenters. The number of amides is 2. The molecule has 0 unspecified atom stereocenters. The minimum absolute atomic E-state index is 0.0769. The zero-order valence-corrected chi connectivity index (χ0v) is 7.52. The van der Waals surface area contributed by atoms with Gasteiger partial charge in [-0.25, -0.2) is 4.79 Å². The van der Waals surface area contributed by atoms with Gasteiger partial charge in [0.2, 0.25) is 0 Å². The lowest BCUT2D eigenvalue weighted by Gasteiger charge is -1.95. The Bertz CT molecular complexity index is 532. The van der Waals surface area contributed by atoms with Gasteiger partial charge in [-0.15, -0.1) is 0 Å². The molecule has 3 N–H and O–H groups in total. The molecule has 0 aliphatic rings. The summed E-state index contributed by atoms with van der Waals surface area (Å²) in [5, 5.41) is 17.1. The minimum Gasteiger partial charge on any atom is -0.465 e. The van der Waals surface area contributed by atoms with Crippen LogP contribution < -0.4 is 5.32 Å². The quantitative estimate of drug-likeness (QED) is 0.646. The summed E-state index contributed by atoms with van der Waals surface area (Å²) in [6.45, 7) is 0. The molecule has 6 heteroatoms. The lowest BCUT2D eigenvalue weighted by Crippen LogP contribution is -2.29. The number of aromatic amines is 1. The summed E-state index contributed by atoms with van der Waals surface area (Å²) in [5.74, 6) is -0.736. The van der Waals surface area contributed by atoms with Crippen molar-refractivity contribution in [3.05, 3.63) is 30.0 Å². The second kappa shape index (κ2) is 3.41. The highest BCUT2D eigenvalue weighted by Gasteiger charge is 2.15. The fraction of sp³-hybridized carbons (Fsp3) is 0. The molecule has 6 nitrogen and oxygen atoms in total. The van der Waals surface area contributed by atoms with E-state index in [1.165, 1.54) is 0 Å². The van der Waals surface area contributed by atoms with Gasteiger partial charge in [0.1, 0.15) is 0 Å². The van der Waals surface area contributed by atoms with E-state index in [1.54, 1.807) is 29.6 Å². The SMILES string of the molecule is O=C(O)NC(=O)c1n[nH]c2ccccc12. The van der Waals surface area contributed by atoms with Gasteiger partial charge in [-0.05, 0) is 6.07 Å². The van der Waals surface area contributed by atoms with E-state index in [1.807, 2.05) is 0 Å². The summed E-state index contributed by atoms with van der Waals surface area (Å²) in [6, 6.07) is 6.98. The van der Waals surface area contributed by atoms with Crippen LogP contribution in [0.25, 0.3) is 10.9 Å². The maximum atomic E-state index is 11.4. The zero-order valence-electron chi connectivity index (χ0n) is 7.52. The highest BCUT2D eigenvalue weighted by atomic mass is 16.4. The standard InChI is InChI=1S/C9H7N3O3/c13-8(10-9(14)15)7-5-3-1-2-4-6(5)11-12-7/h1-4H,(H,10,13)(H,11,12)(H,14,15). The lowest BCUT2D eigenvalue weighted by molar-refractivity contribution is 0.0944. The predicted molar refractivity (Wildman–Crippen MR) is 51.6 cm³/mol. The molecule has 1 aromatic carbocycles. The van der Waals surface area contributed by atoms with Crippen LogP contribution in [-0.4, -0.2) is 27.3 Å². The van der Waals surface area contributed by atoms with Gasteiger partial charge in [-0.3, -0.25) is 15.2 Å². The number of benzene rings is 1. The summed E-state index contributed by atoms with van der Waals surface area (Å²) in [5.41, 5.74) is 0.765. The third-order valence-electron chi connectivity index (χ3n) is 1.91. The van der Waals surface area contributed by atoms with Crippen molar-refractivity contribution in [2.75, 3.05) is 0 Å². The van der Waals surface area contributed by atoms with E-state index in [4.69, 9.17) is 5.11 Å². The maximum Gasteiger partial charge on any atom is 0.411 e. The van der Waals surface area contributed by atoms with Crippen LogP contribution in [0.15, 0.2) is 24.3 Å². The Labute approximate surface area is 83.9 Å². The van der Waals surface area contributed by atoms with Gasteiger partial charge in [0.15, 0.2) is 5.69 Å². The van der Waals surface area contributed by atoms with E-state index in [0.29, 0.717) is 10.9 Å². The number of imide groups is 1. The molecule has 2 aromatic rings. The molecule has 76 valence electrons. The second-order valence-electron chi connectivity index (χ2n) is 2.88. The van der Waals surface area contributed by atoms with E-state index >= 15 is 0 Å². The first-order valence-electron chi connectivity index (χ1n) is 4.16. The lowest BCUT2D eigenvalue weighted by atomic mass is 10.2. The molecular formula is C9H7N3O3. The summed E-state index contributed by atoms with van der Waals surface area (Å²) >= 11 is 0. The van der Waals surface area contributed by atoms with Crippen molar-refractivity contribution in [3.63, 3.8) is 0 Å². The van der Waals surface area contributed by atoms with E-state index in [9.17, 15) is 9.59 Å². The van der Waals surface area contributed by atoms with Crippen molar-refractivity contribution < 1.29 is 14.7 Å². The molecule has 0 bridgehead atoms. The number of aromatic nitrogens is 2. The van der Waals surface area contributed by atoms with Gasteiger partial charge in [0, 0.05) is 5.39 Å². The Balaban J connectivity index is 2.44. The molecule has 0 radical (unpaired) electrons. The van der Waals surface area contributed by atoms with Crippen molar-refractivity contribution in [2.24, 2.45) is 0 Å². The summed E-state index contributed by atoms with van der Waals surface area (Å²) in [6.07, 6.45) is -1.40. The number of H-pyrrole nitrogens is 1. The van der Waals surface area contributed by atoms with Gasteiger partial charge in [0.05, 0.1) is 5.52 Å². The van der Waals surface area contributed by atoms with Gasteiger partial charge in [-0.2, -0.15) is 5.10 Å². The van der Waals surface area contributed by atoms with E-state index in [0.717, 1.165) is 0 Å². The van der Waals surface area contributed by atoms with Crippen LogP contribution in [0.4, 0.5) is 4.79 Å². The fourth-order valence-electron chi connectivity index (χ4n) is 1.29. The van der Waals surface area contributed by atoms with Crippen molar-refractivity contribution in [2.45, 2.75) is 0 Å². The van der Waals surface area contributed by atoms with Crippen LogP contribution in [0.2, 0.25) is 0 Å². The van der Waals surface area contributed by atoms with Crippen LogP contribution in [0.5, 0.6) is 0 Å². The maximum absolute atomic E-state index is 11.4. The molecule has 2 rings (SSSR count). The Hall–Kier alpha value is -2.37. The van der Waals surface area contributed by atoms with E-state index in [2.05, 4.69) is 10.2 Å². The Morgan fingerprint density at radius 2 is 2.07 bits per heavy atom. The third kappa shape index (κ3) is 1.64. The third-order valence-corrected chi connectivity index (χ3v) is 1.91. The molecule has 2 amide bonds. The van der Waals surface area contributed by atoms with Crippen molar-refractivity contribution in [1.29, 1.82) is 0 Å². The molecule has 0 aliphatic heterocycles. The molecule has 0 aliphatic carbocycles. The number of carbonyl (C=O) groups is 2.